The number of aryl methyl sites for hydroxylation is 1. The topological polar surface area (TPSA) is 204 Å². The molecule has 0 aliphatic carbocycles. The van der Waals surface area contributed by atoms with Crippen LogP contribution in [0.15, 0.2) is 116 Å². The third-order valence-electron chi connectivity index (χ3n) is 9.70. The molecule has 0 radical (unpaired) electrons. The number of hydrogen-bond acceptors (Lipinski definition) is 8. The van der Waals surface area contributed by atoms with Gasteiger partial charge >= 0.3 is 6.09 Å². The molecule has 14 heteroatoms. The lowest BCUT2D eigenvalue weighted by molar-refractivity contribution is -0.132. The summed E-state index contributed by atoms with van der Waals surface area (Å²) in [5.74, 6) is -2.28. The van der Waals surface area contributed by atoms with E-state index in [1.165, 1.54) is 12.5 Å². The lowest BCUT2D eigenvalue weighted by Crippen LogP contribution is -2.57. The standard InChI is InChI=1S/C45H53N7O7/c1-30(2)23-37(40(53)26-42(55)52-51-41(54)22-11-17-31-13-5-3-6-14-31)48-44(57)39(25-35-27-46-29-47-35)49-43(56)38(50-45(58)59-28-32-15-7-4-8-16-32)24-34-20-12-19-33-18-9-10-21-36(33)34/h3-10,12-16,18-21,27,29-30,37-40,53H,11,17,22-26,28H2,1-2H3,(H,46,47)(H,48,57)(H,49,56)(H,50,58)(H,51,54)(H,52,55)/t37-,38-,39-,40-/m0/s1. The molecule has 0 aliphatic heterocycles. The summed E-state index contributed by atoms with van der Waals surface area (Å²) in [6.45, 7) is 3.80. The Labute approximate surface area is 343 Å². The van der Waals surface area contributed by atoms with Gasteiger partial charge in [-0.05, 0) is 52.6 Å². The van der Waals surface area contributed by atoms with Crippen molar-refractivity contribution in [1.29, 1.82) is 0 Å². The Morgan fingerprint density at radius 3 is 2.08 bits per heavy atom. The number of hydrazine groups is 1. The van der Waals surface area contributed by atoms with Gasteiger partial charge in [0.05, 0.1) is 24.9 Å². The number of carbonyl (C=O) groups is 5. The Morgan fingerprint density at radius 2 is 1.37 bits per heavy atom. The molecule has 5 amide bonds. The zero-order valence-corrected chi connectivity index (χ0v) is 33.4. The number of hydrogen-bond donors (Lipinski definition) is 7. The fraction of sp³-hybridized carbons (Fsp3) is 0.333. The summed E-state index contributed by atoms with van der Waals surface area (Å²) in [7, 11) is 0. The van der Waals surface area contributed by atoms with Crippen molar-refractivity contribution in [3.63, 3.8) is 0 Å². The third kappa shape index (κ3) is 14.4. The number of amides is 5. The van der Waals surface area contributed by atoms with Gasteiger partial charge in [0.15, 0.2) is 0 Å². The van der Waals surface area contributed by atoms with Crippen LogP contribution >= 0.6 is 0 Å². The lowest BCUT2D eigenvalue weighted by atomic mass is 9.96. The van der Waals surface area contributed by atoms with E-state index in [1.54, 1.807) is 0 Å². The van der Waals surface area contributed by atoms with Gasteiger partial charge in [-0.25, -0.2) is 9.78 Å². The average Bonchev–Trinajstić information content (AvgIpc) is 3.75. The second-order valence-corrected chi connectivity index (χ2v) is 14.9. The molecule has 1 heterocycles. The van der Waals surface area contributed by atoms with Crippen molar-refractivity contribution < 1.29 is 33.8 Å². The van der Waals surface area contributed by atoms with E-state index in [-0.39, 0.29) is 37.7 Å². The number of alkyl carbamates (subject to hydrolysis) is 1. The molecule has 4 atom stereocenters. The van der Waals surface area contributed by atoms with Crippen LogP contribution in [0, 0.1) is 5.92 Å². The number of nitrogens with one attached hydrogen (secondary N) is 6. The van der Waals surface area contributed by atoms with Crippen molar-refractivity contribution in [1.82, 2.24) is 36.8 Å². The zero-order valence-electron chi connectivity index (χ0n) is 33.4. The van der Waals surface area contributed by atoms with Crippen LogP contribution in [0.4, 0.5) is 4.79 Å². The van der Waals surface area contributed by atoms with E-state index in [1.807, 2.05) is 117 Å². The van der Waals surface area contributed by atoms with Crippen molar-refractivity contribution in [2.75, 3.05) is 0 Å². The molecule has 5 aromatic rings. The van der Waals surface area contributed by atoms with E-state index < -0.39 is 54.5 Å². The first-order valence-corrected chi connectivity index (χ1v) is 19.9. The second-order valence-electron chi connectivity index (χ2n) is 14.9. The monoisotopic (exact) mass is 803 g/mol. The van der Waals surface area contributed by atoms with Gasteiger partial charge in [-0.1, -0.05) is 117 Å². The Balaban J connectivity index is 1.26. The Hall–Kier alpha value is -6.54. The fourth-order valence-corrected chi connectivity index (χ4v) is 6.69. The molecule has 1 aromatic heterocycles. The summed E-state index contributed by atoms with van der Waals surface area (Å²) in [6.07, 6.45) is 2.29. The van der Waals surface area contributed by atoms with Crippen LogP contribution in [0.1, 0.15) is 61.9 Å². The summed E-state index contributed by atoms with van der Waals surface area (Å²) in [6, 6.07) is 29.0. The van der Waals surface area contributed by atoms with E-state index >= 15 is 0 Å². The van der Waals surface area contributed by atoms with Crippen molar-refractivity contribution in [2.45, 2.75) is 89.6 Å². The number of carbonyl (C=O) groups excluding carboxylic acids is 5. The Bertz CT molecular complexity index is 2110. The van der Waals surface area contributed by atoms with Gasteiger partial charge in [0.1, 0.15) is 18.7 Å². The molecule has 4 aromatic carbocycles. The van der Waals surface area contributed by atoms with Gasteiger partial charge in [0, 0.05) is 31.2 Å². The van der Waals surface area contributed by atoms with E-state index in [4.69, 9.17) is 4.74 Å². The van der Waals surface area contributed by atoms with Gasteiger partial charge < -0.3 is 30.8 Å². The van der Waals surface area contributed by atoms with Gasteiger partial charge in [-0.2, -0.15) is 0 Å². The number of aromatic nitrogens is 2. The van der Waals surface area contributed by atoms with Crippen molar-refractivity contribution in [3.05, 3.63) is 138 Å². The number of fused-ring (bicyclic) bond motifs is 1. The highest BCUT2D eigenvalue weighted by Crippen LogP contribution is 2.20. The largest absolute Gasteiger partial charge is 0.445 e. The maximum absolute atomic E-state index is 14.2. The highest BCUT2D eigenvalue weighted by atomic mass is 16.5. The number of benzene rings is 4. The normalized spacial score (nSPS) is 13.1. The molecule has 0 saturated carbocycles. The van der Waals surface area contributed by atoms with Crippen LogP contribution in [0.5, 0.6) is 0 Å². The van der Waals surface area contributed by atoms with Crippen LogP contribution in [0.2, 0.25) is 0 Å². The highest BCUT2D eigenvalue weighted by Gasteiger charge is 2.32. The molecule has 0 aliphatic rings. The van der Waals surface area contributed by atoms with E-state index in [2.05, 4.69) is 36.8 Å². The van der Waals surface area contributed by atoms with Gasteiger partial charge in [-0.3, -0.25) is 30.0 Å². The minimum Gasteiger partial charge on any atom is -0.445 e. The number of aliphatic hydroxyl groups is 1. The quantitative estimate of drug-likeness (QED) is 0.0554. The predicted molar refractivity (Wildman–Crippen MR) is 223 cm³/mol. The molecule has 0 unspecified atom stereocenters. The number of imidazole rings is 1. The van der Waals surface area contributed by atoms with Crippen LogP contribution in [-0.4, -0.2) is 69.0 Å². The minimum atomic E-state index is -1.33. The predicted octanol–water partition coefficient (Wildman–Crippen LogP) is 4.58. The van der Waals surface area contributed by atoms with Crippen LogP contribution in [0.3, 0.4) is 0 Å². The van der Waals surface area contributed by atoms with E-state index in [9.17, 15) is 29.1 Å². The smallest absolute Gasteiger partial charge is 0.408 e. The van der Waals surface area contributed by atoms with Gasteiger partial charge in [0.2, 0.25) is 23.6 Å². The SMILES string of the molecule is CC(C)C[C@H](NC(=O)[C@H](Cc1cnc[nH]1)NC(=O)[C@H](Cc1cccc2ccccc12)NC(=O)OCc1ccccc1)[C@@H](O)CC(=O)NNC(=O)CCCc1ccccc1. The number of H-pyrrole nitrogens is 1. The number of aromatic amines is 1. The fourth-order valence-electron chi connectivity index (χ4n) is 6.69. The molecule has 0 saturated heterocycles. The zero-order chi connectivity index (χ0) is 42.0. The van der Waals surface area contributed by atoms with Crippen LogP contribution < -0.4 is 26.8 Å². The van der Waals surface area contributed by atoms with Gasteiger partial charge in [0.25, 0.3) is 0 Å². The summed E-state index contributed by atoms with van der Waals surface area (Å²) in [5, 5.41) is 21.5. The molecule has 0 bridgehead atoms. The van der Waals surface area contributed by atoms with E-state index in [0.29, 0.717) is 25.0 Å². The summed E-state index contributed by atoms with van der Waals surface area (Å²) in [5.41, 5.74) is 7.96. The highest BCUT2D eigenvalue weighted by molar-refractivity contribution is 5.93. The molecule has 7 N–H and O–H groups in total. The van der Waals surface area contributed by atoms with E-state index in [0.717, 1.165) is 27.5 Å². The first-order chi connectivity index (χ1) is 28.5. The first-order valence-electron chi connectivity index (χ1n) is 19.9. The Morgan fingerprint density at radius 1 is 0.729 bits per heavy atom. The summed E-state index contributed by atoms with van der Waals surface area (Å²) in [4.78, 5) is 73.7. The molecule has 0 fully saturated rings. The number of ether oxygens (including phenoxy) is 1. The maximum Gasteiger partial charge on any atom is 0.408 e. The average molecular weight is 804 g/mol. The molecule has 59 heavy (non-hydrogen) atoms. The molecule has 5 rings (SSSR count). The van der Waals surface area contributed by atoms with Crippen molar-refractivity contribution in [2.24, 2.45) is 5.92 Å². The molecule has 0 spiro atoms. The molecule has 310 valence electrons. The number of rotatable bonds is 20. The minimum absolute atomic E-state index is 0.000786. The Kier molecular flexibility index (Phi) is 16.6. The molecule has 14 nitrogen and oxygen atoms in total. The summed E-state index contributed by atoms with van der Waals surface area (Å²) >= 11 is 0. The van der Waals surface area contributed by atoms with Crippen LogP contribution in [-0.2, 0) is 49.8 Å². The maximum atomic E-state index is 14.2. The second kappa shape index (κ2) is 22.4. The van der Waals surface area contributed by atoms with Crippen LogP contribution in [0.25, 0.3) is 10.8 Å². The van der Waals surface area contributed by atoms with Gasteiger partial charge in [-0.15, -0.1) is 0 Å². The summed E-state index contributed by atoms with van der Waals surface area (Å²) < 4.78 is 5.48. The number of aliphatic hydroxyl groups excluding tert-OH is 1. The van der Waals surface area contributed by atoms with Crippen molar-refractivity contribution >= 4 is 40.5 Å². The molecular weight excluding hydrogens is 751 g/mol. The number of nitrogens with zero attached hydrogens (tertiary/aromatic N) is 1. The molecular formula is C45H53N7O7. The van der Waals surface area contributed by atoms with Crippen molar-refractivity contribution in [3.8, 4) is 0 Å². The lowest BCUT2D eigenvalue weighted by Gasteiger charge is -2.29. The first kappa shape index (κ1) is 43.6. The third-order valence-corrected chi connectivity index (χ3v) is 9.70.